The van der Waals surface area contributed by atoms with Crippen LogP contribution < -0.4 is 10.9 Å². The first kappa shape index (κ1) is 12.8. The summed E-state index contributed by atoms with van der Waals surface area (Å²) >= 11 is 0. The fourth-order valence-electron chi connectivity index (χ4n) is 2.28. The third-order valence-electron chi connectivity index (χ3n) is 3.58. The number of hydrogen-bond donors (Lipinski definition) is 2. The Bertz CT molecular complexity index is 483. The molecule has 1 aliphatic rings. The SMILES string of the molecule is CC1CC(NC(=O)c2cc[nH]c(=O)c2)CCN1C. The molecule has 2 heterocycles. The molecule has 0 aliphatic carbocycles. The highest BCUT2D eigenvalue weighted by Crippen LogP contribution is 2.15. The summed E-state index contributed by atoms with van der Waals surface area (Å²) in [6, 6.07) is 3.62. The summed E-state index contributed by atoms with van der Waals surface area (Å²) in [6.07, 6.45) is 3.40. The van der Waals surface area contributed by atoms with Gasteiger partial charge in [0, 0.05) is 36.5 Å². The van der Waals surface area contributed by atoms with E-state index in [9.17, 15) is 9.59 Å². The molecule has 1 saturated heterocycles. The molecule has 1 amide bonds. The van der Waals surface area contributed by atoms with Gasteiger partial charge in [0.25, 0.3) is 5.91 Å². The van der Waals surface area contributed by atoms with Crippen LogP contribution in [0.5, 0.6) is 0 Å². The topological polar surface area (TPSA) is 65.2 Å². The normalized spacial score (nSPS) is 24.8. The largest absolute Gasteiger partial charge is 0.349 e. The number of carbonyl (C=O) groups is 1. The quantitative estimate of drug-likeness (QED) is 0.806. The van der Waals surface area contributed by atoms with Crippen LogP contribution in [0.15, 0.2) is 23.1 Å². The van der Waals surface area contributed by atoms with E-state index in [1.165, 1.54) is 12.3 Å². The maximum absolute atomic E-state index is 12.0. The van der Waals surface area contributed by atoms with Crippen molar-refractivity contribution in [1.82, 2.24) is 15.2 Å². The van der Waals surface area contributed by atoms with Crippen molar-refractivity contribution < 1.29 is 4.79 Å². The molecule has 18 heavy (non-hydrogen) atoms. The van der Waals surface area contributed by atoms with Gasteiger partial charge >= 0.3 is 0 Å². The number of pyridine rings is 1. The Hall–Kier alpha value is -1.62. The Morgan fingerprint density at radius 3 is 3.00 bits per heavy atom. The number of amides is 1. The van der Waals surface area contributed by atoms with E-state index in [1.54, 1.807) is 6.07 Å². The Morgan fingerprint density at radius 1 is 1.56 bits per heavy atom. The highest BCUT2D eigenvalue weighted by Gasteiger charge is 2.24. The summed E-state index contributed by atoms with van der Waals surface area (Å²) in [7, 11) is 2.10. The Balaban J connectivity index is 1.98. The van der Waals surface area contributed by atoms with Gasteiger partial charge in [0.15, 0.2) is 0 Å². The second kappa shape index (κ2) is 5.35. The monoisotopic (exact) mass is 249 g/mol. The number of rotatable bonds is 2. The molecule has 1 fully saturated rings. The minimum Gasteiger partial charge on any atom is -0.349 e. The predicted octanol–water partition coefficient (Wildman–Crippen LogP) is 0.587. The lowest BCUT2D eigenvalue weighted by molar-refractivity contribution is 0.0896. The number of hydrogen-bond acceptors (Lipinski definition) is 3. The number of nitrogens with one attached hydrogen (secondary N) is 2. The fraction of sp³-hybridized carbons (Fsp3) is 0.538. The molecule has 2 atom stereocenters. The molecule has 2 unspecified atom stereocenters. The van der Waals surface area contributed by atoms with Crippen LogP contribution in [0.2, 0.25) is 0 Å². The zero-order chi connectivity index (χ0) is 13.1. The van der Waals surface area contributed by atoms with Gasteiger partial charge < -0.3 is 15.2 Å². The van der Waals surface area contributed by atoms with Crippen molar-refractivity contribution >= 4 is 5.91 Å². The van der Waals surface area contributed by atoms with E-state index in [2.05, 4.69) is 29.2 Å². The zero-order valence-corrected chi connectivity index (χ0v) is 10.8. The van der Waals surface area contributed by atoms with Crippen LogP contribution in [0.4, 0.5) is 0 Å². The van der Waals surface area contributed by atoms with Gasteiger partial charge in [-0.25, -0.2) is 0 Å². The second-order valence-corrected chi connectivity index (χ2v) is 4.97. The second-order valence-electron chi connectivity index (χ2n) is 4.97. The maximum atomic E-state index is 12.0. The van der Waals surface area contributed by atoms with Gasteiger partial charge in [-0.05, 0) is 32.9 Å². The standard InChI is InChI=1S/C13H19N3O2/c1-9-7-11(4-6-16(9)2)15-13(18)10-3-5-14-12(17)8-10/h3,5,8-9,11H,4,6-7H2,1-2H3,(H,14,17)(H,15,18). The van der Waals surface area contributed by atoms with Gasteiger partial charge in [-0.2, -0.15) is 0 Å². The average Bonchev–Trinajstić information content (AvgIpc) is 2.34. The van der Waals surface area contributed by atoms with Crippen LogP contribution in [0.3, 0.4) is 0 Å². The van der Waals surface area contributed by atoms with Gasteiger partial charge in [-0.3, -0.25) is 9.59 Å². The predicted molar refractivity (Wildman–Crippen MR) is 69.6 cm³/mol. The Morgan fingerprint density at radius 2 is 2.33 bits per heavy atom. The van der Waals surface area contributed by atoms with Gasteiger partial charge in [0.05, 0.1) is 0 Å². The van der Waals surface area contributed by atoms with Crippen molar-refractivity contribution in [3.05, 3.63) is 34.2 Å². The number of aromatic amines is 1. The maximum Gasteiger partial charge on any atom is 0.251 e. The number of nitrogens with zero attached hydrogens (tertiary/aromatic N) is 1. The van der Waals surface area contributed by atoms with Crippen LogP contribution in [-0.4, -0.2) is 41.5 Å². The zero-order valence-electron chi connectivity index (χ0n) is 10.8. The summed E-state index contributed by atoms with van der Waals surface area (Å²) in [5.41, 5.74) is 0.171. The fourth-order valence-corrected chi connectivity index (χ4v) is 2.28. The summed E-state index contributed by atoms with van der Waals surface area (Å²) in [5.74, 6) is -0.164. The van der Waals surface area contributed by atoms with Crippen molar-refractivity contribution in [3.63, 3.8) is 0 Å². The third kappa shape index (κ3) is 2.98. The molecule has 0 radical (unpaired) electrons. The molecule has 0 saturated carbocycles. The number of aromatic nitrogens is 1. The van der Waals surface area contributed by atoms with Crippen LogP contribution in [0.1, 0.15) is 30.1 Å². The van der Waals surface area contributed by atoms with E-state index in [0.29, 0.717) is 11.6 Å². The van der Waals surface area contributed by atoms with Crippen molar-refractivity contribution in [2.24, 2.45) is 0 Å². The van der Waals surface area contributed by atoms with Crippen molar-refractivity contribution in [1.29, 1.82) is 0 Å². The highest BCUT2D eigenvalue weighted by atomic mass is 16.2. The minimum absolute atomic E-state index is 0.164. The summed E-state index contributed by atoms with van der Waals surface area (Å²) in [5, 5.41) is 2.99. The molecule has 5 nitrogen and oxygen atoms in total. The molecule has 2 rings (SSSR count). The van der Waals surface area contributed by atoms with Gasteiger partial charge in [-0.1, -0.05) is 0 Å². The summed E-state index contributed by atoms with van der Waals surface area (Å²) in [6.45, 7) is 3.15. The number of carbonyl (C=O) groups excluding carboxylic acids is 1. The highest BCUT2D eigenvalue weighted by molar-refractivity contribution is 5.94. The molecule has 0 aromatic carbocycles. The molecule has 98 valence electrons. The van der Waals surface area contributed by atoms with Crippen molar-refractivity contribution in [3.8, 4) is 0 Å². The van der Waals surface area contributed by atoms with Crippen LogP contribution in [0.25, 0.3) is 0 Å². The molecule has 1 aromatic rings. The molecule has 5 heteroatoms. The van der Waals surface area contributed by atoms with Gasteiger partial charge in [-0.15, -0.1) is 0 Å². The number of likely N-dealkylation sites (tertiary alicyclic amines) is 1. The first-order chi connectivity index (χ1) is 8.56. The summed E-state index contributed by atoms with van der Waals surface area (Å²) < 4.78 is 0. The number of piperidine rings is 1. The lowest BCUT2D eigenvalue weighted by Crippen LogP contribution is -2.47. The van der Waals surface area contributed by atoms with Crippen LogP contribution in [0, 0.1) is 0 Å². The average molecular weight is 249 g/mol. The molecule has 0 bridgehead atoms. The lowest BCUT2D eigenvalue weighted by atomic mass is 9.98. The molecule has 1 aromatic heterocycles. The van der Waals surface area contributed by atoms with E-state index >= 15 is 0 Å². The van der Waals surface area contributed by atoms with Crippen LogP contribution >= 0.6 is 0 Å². The molecular formula is C13H19N3O2. The van der Waals surface area contributed by atoms with Crippen LogP contribution in [-0.2, 0) is 0 Å². The van der Waals surface area contributed by atoms with Crippen molar-refractivity contribution in [2.75, 3.05) is 13.6 Å². The molecule has 0 spiro atoms. The van der Waals surface area contributed by atoms with E-state index in [0.717, 1.165) is 19.4 Å². The van der Waals surface area contributed by atoms with Gasteiger partial charge in [0.2, 0.25) is 5.56 Å². The Labute approximate surface area is 106 Å². The van der Waals surface area contributed by atoms with E-state index < -0.39 is 0 Å². The Kier molecular flexibility index (Phi) is 3.81. The van der Waals surface area contributed by atoms with E-state index in [-0.39, 0.29) is 17.5 Å². The van der Waals surface area contributed by atoms with Crippen molar-refractivity contribution in [2.45, 2.75) is 31.8 Å². The van der Waals surface area contributed by atoms with Gasteiger partial charge in [0.1, 0.15) is 0 Å². The molecular weight excluding hydrogens is 230 g/mol. The molecule has 2 N–H and O–H groups in total. The lowest BCUT2D eigenvalue weighted by Gasteiger charge is -2.35. The smallest absolute Gasteiger partial charge is 0.251 e. The minimum atomic E-state index is -0.251. The number of H-pyrrole nitrogens is 1. The molecule has 1 aliphatic heterocycles. The first-order valence-corrected chi connectivity index (χ1v) is 6.26. The first-order valence-electron chi connectivity index (χ1n) is 6.26. The van der Waals surface area contributed by atoms with E-state index in [4.69, 9.17) is 0 Å². The third-order valence-corrected chi connectivity index (χ3v) is 3.58. The van der Waals surface area contributed by atoms with E-state index in [1.807, 2.05) is 0 Å². The summed E-state index contributed by atoms with van der Waals surface area (Å²) in [4.78, 5) is 27.9.